The van der Waals surface area contributed by atoms with Crippen molar-refractivity contribution in [3.8, 4) is 11.5 Å². The lowest BCUT2D eigenvalue weighted by Crippen LogP contribution is -1.79. The van der Waals surface area contributed by atoms with Gasteiger partial charge in [0.15, 0.2) is 11.5 Å². The SMILES string of the molecule is CC(=C1CC1)c1ccc(O)c(O)c1. The molecule has 2 nitrogen and oxygen atoms in total. The summed E-state index contributed by atoms with van der Waals surface area (Å²) in [5.74, 6) is -0.101. The molecule has 2 N–H and O–H groups in total. The second-order valence-electron chi connectivity index (χ2n) is 3.43. The number of hydrogen-bond donors (Lipinski definition) is 2. The van der Waals surface area contributed by atoms with Gasteiger partial charge >= 0.3 is 0 Å². The Bertz CT molecular complexity index is 372. The largest absolute Gasteiger partial charge is 0.504 e. The van der Waals surface area contributed by atoms with E-state index >= 15 is 0 Å². The van der Waals surface area contributed by atoms with Crippen LogP contribution in [0.1, 0.15) is 25.3 Å². The second kappa shape index (κ2) is 2.80. The third-order valence-corrected chi connectivity index (χ3v) is 2.44. The Kier molecular flexibility index (Phi) is 1.76. The summed E-state index contributed by atoms with van der Waals surface area (Å²) in [5, 5.41) is 18.4. The van der Waals surface area contributed by atoms with Gasteiger partial charge in [0.2, 0.25) is 0 Å². The van der Waals surface area contributed by atoms with E-state index in [4.69, 9.17) is 5.11 Å². The van der Waals surface area contributed by atoms with E-state index in [2.05, 4.69) is 0 Å². The summed E-state index contributed by atoms with van der Waals surface area (Å²) in [6, 6.07) is 4.96. The molecule has 0 heterocycles. The van der Waals surface area contributed by atoms with Gasteiger partial charge in [0, 0.05) is 0 Å². The number of phenols is 2. The average Bonchev–Trinajstić information content (AvgIpc) is 2.91. The van der Waals surface area contributed by atoms with E-state index < -0.39 is 0 Å². The van der Waals surface area contributed by atoms with Crippen molar-refractivity contribution in [3.63, 3.8) is 0 Å². The zero-order chi connectivity index (χ0) is 9.42. The fourth-order valence-corrected chi connectivity index (χ4v) is 1.40. The predicted octanol–water partition coefficient (Wildman–Crippen LogP) is 2.67. The fraction of sp³-hybridized carbons (Fsp3) is 0.273. The van der Waals surface area contributed by atoms with Crippen LogP contribution in [0.5, 0.6) is 11.5 Å². The van der Waals surface area contributed by atoms with Crippen molar-refractivity contribution >= 4 is 5.57 Å². The first-order valence-corrected chi connectivity index (χ1v) is 4.39. The Balaban J connectivity index is 2.42. The summed E-state index contributed by atoms with van der Waals surface area (Å²) >= 11 is 0. The topological polar surface area (TPSA) is 40.5 Å². The quantitative estimate of drug-likeness (QED) is 0.646. The van der Waals surface area contributed by atoms with Crippen LogP contribution in [0, 0.1) is 0 Å². The molecule has 0 aromatic heterocycles. The number of allylic oxidation sites excluding steroid dienone is 2. The van der Waals surface area contributed by atoms with Crippen molar-refractivity contribution < 1.29 is 10.2 Å². The van der Waals surface area contributed by atoms with E-state index in [1.165, 1.54) is 30.1 Å². The Morgan fingerprint density at radius 3 is 2.38 bits per heavy atom. The Hall–Kier alpha value is -1.44. The lowest BCUT2D eigenvalue weighted by atomic mass is 10.1. The van der Waals surface area contributed by atoms with Gasteiger partial charge in [-0.1, -0.05) is 11.6 Å². The van der Waals surface area contributed by atoms with E-state index in [1.807, 2.05) is 13.0 Å². The highest BCUT2D eigenvalue weighted by molar-refractivity contribution is 5.71. The van der Waals surface area contributed by atoms with Crippen LogP contribution >= 0.6 is 0 Å². The van der Waals surface area contributed by atoms with Crippen molar-refractivity contribution in [1.29, 1.82) is 0 Å². The molecule has 0 amide bonds. The minimum atomic E-state index is -0.0580. The van der Waals surface area contributed by atoms with Gasteiger partial charge < -0.3 is 10.2 Å². The Labute approximate surface area is 77.1 Å². The molecule has 1 aliphatic carbocycles. The monoisotopic (exact) mass is 176 g/mol. The molecule has 0 bridgehead atoms. The minimum absolute atomic E-state index is 0.0434. The van der Waals surface area contributed by atoms with Gasteiger partial charge in [-0.25, -0.2) is 0 Å². The number of hydrogen-bond acceptors (Lipinski definition) is 2. The van der Waals surface area contributed by atoms with Crippen molar-refractivity contribution in [2.24, 2.45) is 0 Å². The summed E-state index contributed by atoms with van der Waals surface area (Å²) in [4.78, 5) is 0. The third-order valence-electron chi connectivity index (χ3n) is 2.44. The summed E-state index contributed by atoms with van der Waals surface area (Å²) < 4.78 is 0. The molecular formula is C11H12O2. The zero-order valence-electron chi connectivity index (χ0n) is 7.54. The van der Waals surface area contributed by atoms with Crippen LogP contribution in [0.2, 0.25) is 0 Å². The van der Waals surface area contributed by atoms with Crippen molar-refractivity contribution in [2.45, 2.75) is 19.8 Å². The lowest BCUT2D eigenvalue weighted by Gasteiger charge is -2.03. The Morgan fingerprint density at radius 1 is 1.15 bits per heavy atom. The molecule has 1 aromatic rings. The van der Waals surface area contributed by atoms with E-state index in [9.17, 15) is 5.11 Å². The standard InChI is InChI=1S/C11H12O2/c1-7(8-2-3-8)9-4-5-10(12)11(13)6-9/h4-6,12-13H,2-3H2,1H3. The van der Waals surface area contributed by atoms with E-state index in [0.29, 0.717) is 0 Å². The highest BCUT2D eigenvalue weighted by Gasteiger charge is 2.16. The normalized spacial score (nSPS) is 14.4. The van der Waals surface area contributed by atoms with Gasteiger partial charge in [-0.05, 0) is 43.0 Å². The Morgan fingerprint density at radius 2 is 1.85 bits per heavy atom. The lowest BCUT2D eigenvalue weighted by molar-refractivity contribution is 0.403. The molecule has 0 saturated heterocycles. The van der Waals surface area contributed by atoms with Crippen LogP contribution in [0.3, 0.4) is 0 Å². The molecule has 13 heavy (non-hydrogen) atoms. The molecule has 2 rings (SSSR count). The van der Waals surface area contributed by atoms with Gasteiger partial charge in [-0.15, -0.1) is 0 Å². The van der Waals surface area contributed by atoms with Gasteiger partial charge in [0.05, 0.1) is 0 Å². The maximum absolute atomic E-state index is 9.28. The van der Waals surface area contributed by atoms with Gasteiger partial charge in [0.1, 0.15) is 0 Å². The molecule has 1 aromatic carbocycles. The average molecular weight is 176 g/mol. The van der Waals surface area contributed by atoms with Gasteiger partial charge in [-0.3, -0.25) is 0 Å². The molecule has 0 atom stereocenters. The molecule has 0 radical (unpaired) electrons. The summed E-state index contributed by atoms with van der Waals surface area (Å²) in [6.07, 6.45) is 2.35. The smallest absolute Gasteiger partial charge is 0.157 e. The molecule has 2 heteroatoms. The summed E-state index contributed by atoms with van der Waals surface area (Å²) in [7, 11) is 0. The van der Waals surface area contributed by atoms with Crippen molar-refractivity contribution in [2.75, 3.05) is 0 Å². The van der Waals surface area contributed by atoms with E-state index in [-0.39, 0.29) is 11.5 Å². The number of rotatable bonds is 1. The first-order valence-electron chi connectivity index (χ1n) is 4.39. The molecule has 1 saturated carbocycles. The van der Waals surface area contributed by atoms with Gasteiger partial charge in [0.25, 0.3) is 0 Å². The molecule has 0 spiro atoms. The fourth-order valence-electron chi connectivity index (χ4n) is 1.40. The van der Waals surface area contributed by atoms with Crippen LogP contribution in [0.4, 0.5) is 0 Å². The summed E-state index contributed by atoms with van der Waals surface area (Å²) in [6.45, 7) is 2.05. The van der Waals surface area contributed by atoms with Gasteiger partial charge in [-0.2, -0.15) is 0 Å². The third kappa shape index (κ3) is 1.52. The number of aromatic hydroxyl groups is 2. The van der Waals surface area contributed by atoms with Crippen molar-refractivity contribution in [3.05, 3.63) is 29.3 Å². The highest BCUT2D eigenvalue weighted by Crippen LogP contribution is 2.37. The molecule has 1 aliphatic rings. The maximum Gasteiger partial charge on any atom is 0.157 e. The second-order valence-corrected chi connectivity index (χ2v) is 3.43. The van der Waals surface area contributed by atoms with E-state index in [1.54, 1.807) is 6.07 Å². The molecule has 0 aliphatic heterocycles. The molecule has 0 unspecified atom stereocenters. The molecule has 68 valence electrons. The molecule has 1 fully saturated rings. The highest BCUT2D eigenvalue weighted by atomic mass is 16.3. The van der Waals surface area contributed by atoms with Crippen LogP contribution in [-0.2, 0) is 0 Å². The van der Waals surface area contributed by atoms with Crippen LogP contribution in [0.15, 0.2) is 23.8 Å². The van der Waals surface area contributed by atoms with E-state index in [0.717, 1.165) is 5.56 Å². The van der Waals surface area contributed by atoms with Crippen LogP contribution < -0.4 is 0 Å². The number of phenolic OH excluding ortho intramolecular Hbond substituents is 2. The zero-order valence-corrected chi connectivity index (χ0v) is 7.54. The van der Waals surface area contributed by atoms with Crippen LogP contribution in [0.25, 0.3) is 5.57 Å². The van der Waals surface area contributed by atoms with Crippen LogP contribution in [-0.4, -0.2) is 10.2 Å². The maximum atomic E-state index is 9.28. The first kappa shape index (κ1) is 8.17. The predicted molar refractivity (Wildman–Crippen MR) is 51.6 cm³/mol. The first-order chi connectivity index (χ1) is 6.18. The molecular weight excluding hydrogens is 164 g/mol. The summed E-state index contributed by atoms with van der Waals surface area (Å²) in [5.41, 5.74) is 3.68. The minimum Gasteiger partial charge on any atom is -0.504 e. The number of benzene rings is 1. The van der Waals surface area contributed by atoms with Crippen molar-refractivity contribution in [1.82, 2.24) is 0 Å².